The number of rotatable bonds is 4. The Bertz CT molecular complexity index is 625. The van der Waals surface area contributed by atoms with Crippen LogP contribution in [-0.4, -0.2) is 30.1 Å². The van der Waals surface area contributed by atoms with Crippen LogP contribution in [0.5, 0.6) is 0 Å². The SMILES string of the molecule is COC(=O)c1sccc1NC(=O)[C@H]1[C@@H]2CC[C@@H](C2)[C@@H]1C(=O)O. The summed E-state index contributed by atoms with van der Waals surface area (Å²) in [5.41, 5.74) is 0.397. The quantitative estimate of drug-likeness (QED) is 0.829. The number of carboxylic acid groups (broad SMARTS) is 1. The fraction of sp³-hybridized carbons (Fsp3) is 0.533. The van der Waals surface area contributed by atoms with Crippen molar-refractivity contribution in [3.8, 4) is 0 Å². The molecular formula is C15H17NO5S. The van der Waals surface area contributed by atoms with E-state index in [1.807, 2.05) is 0 Å². The number of hydrogen-bond donors (Lipinski definition) is 2. The molecule has 2 aliphatic carbocycles. The molecule has 0 saturated heterocycles. The van der Waals surface area contributed by atoms with Gasteiger partial charge in [0.25, 0.3) is 0 Å². The number of aliphatic carboxylic acids is 1. The molecule has 0 aromatic carbocycles. The number of nitrogens with one attached hydrogen (secondary N) is 1. The molecule has 1 heterocycles. The molecule has 2 N–H and O–H groups in total. The summed E-state index contributed by atoms with van der Waals surface area (Å²) in [6.07, 6.45) is 2.60. The summed E-state index contributed by atoms with van der Waals surface area (Å²) in [5.74, 6) is -2.60. The molecule has 0 unspecified atom stereocenters. The number of thiophene rings is 1. The van der Waals surface area contributed by atoms with Gasteiger partial charge in [-0.15, -0.1) is 11.3 Å². The van der Waals surface area contributed by atoms with Crippen LogP contribution in [0.1, 0.15) is 28.9 Å². The van der Waals surface area contributed by atoms with Crippen molar-refractivity contribution in [3.05, 3.63) is 16.3 Å². The molecule has 2 bridgehead atoms. The molecule has 4 atom stereocenters. The van der Waals surface area contributed by atoms with Crippen LogP contribution in [0.25, 0.3) is 0 Å². The second kappa shape index (κ2) is 5.72. The summed E-state index contributed by atoms with van der Waals surface area (Å²) in [4.78, 5) is 36.0. The van der Waals surface area contributed by atoms with Crippen molar-refractivity contribution in [2.24, 2.45) is 23.7 Å². The number of methoxy groups -OCH3 is 1. The molecule has 0 aliphatic heterocycles. The Morgan fingerprint density at radius 3 is 2.59 bits per heavy atom. The van der Waals surface area contributed by atoms with Crippen LogP contribution >= 0.6 is 11.3 Å². The number of anilines is 1. The van der Waals surface area contributed by atoms with Crippen molar-refractivity contribution in [2.75, 3.05) is 12.4 Å². The Kier molecular flexibility index (Phi) is 3.90. The Labute approximate surface area is 131 Å². The second-order valence-electron chi connectivity index (χ2n) is 5.87. The van der Waals surface area contributed by atoms with E-state index in [9.17, 15) is 19.5 Å². The van der Waals surface area contributed by atoms with Crippen LogP contribution in [0.4, 0.5) is 5.69 Å². The number of carbonyl (C=O) groups is 3. The number of carbonyl (C=O) groups excluding carboxylic acids is 2. The lowest BCUT2D eigenvalue weighted by atomic mass is 9.78. The van der Waals surface area contributed by atoms with E-state index in [1.54, 1.807) is 11.4 Å². The zero-order chi connectivity index (χ0) is 15.9. The second-order valence-corrected chi connectivity index (χ2v) is 6.78. The lowest BCUT2D eigenvalue weighted by molar-refractivity contribution is -0.148. The minimum absolute atomic E-state index is 0.0980. The molecule has 0 radical (unpaired) electrons. The topological polar surface area (TPSA) is 92.7 Å². The van der Waals surface area contributed by atoms with E-state index in [0.29, 0.717) is 10.6 Å². The number of amides is 1. The maximum absolute atomic E-state index is 12.6. The number of hydrogen-bond acceptors (Lipinski definition) is 5. The molecule has 1 amide bonds. The highest BCUT2D eigenvalue weighted by atomic mass is 32.1. The molecule has 2 aliphatic rings. The minimum atomic E-state index is -0.897. The summed E-state index contributed by atoms with van der Waals surface area (Å²) >= 11 is 1.18. The first kappa shape index (κ1) is 15.0. The first-order valence-corrected chi connectivity index (χ1v) is 8.10. The molecule has 22 heavy (non-hydrogen) atoms. The van der Waals surface area contributed by atoms with Gasteiger partial charge in [0, 0.05) is 0 Å². The maximum atomic E-state index is 12.6. The fourth-order valence-corrected chi connectivity index (χ4v) is 4.66. The monoisotopic (exact) mass is 323 g/mol. The number of esters is 1. The summed E-state index contributed by atoms with van der Waals surface area (Å²) < 4.78 is 4.68. The predicted octanol–water partition coefficient (Wildman–Crippen LogP) is 2.22. The van der Waals surface area contributed by atoms with Crippen molar-refractivity contribution in [1.29, 1.82) is 0 Å². The summed E-state index contributed by atoms with van der Waals surface area (Å²) in [6.45, 7) is 0. The molecule has 3 rings (SSSR count). The first-order valence-electron chi connectivity index (χ1n) is 7.22. The molecule has 1 aromatic rings. The Morgan fingerprint density at radius 1 is 1.27 bits per heavy atom. The van der Waals surface area contributed by atoms with Crippen molar-refractivity contribution in [3.63, 3.8) is 0 Å². The first-order chi connectivity index (χ1) is 10.5. The molecule has 2 saturated carbocycles. The standard InChI is InChI=1S/C15H17NO5S/c1-21-15(20)12-9(4-5-22-12)16-13(17)10-7-2-3-8(6-7)11(10)14(18)19/h4-5,7-8,10-11H,2-3,6H2,1H3,(H,16,17)(H,18,19)/t7-,8+,10+,11+/m1/s1. The minimum Gasteiger partial charge on any atom is -0.481 e. The van der Waals surface area contributed by atoms with Gasteiger partial charge in [0.2, 0.25) is 5.91 Å². The molecule has 7 heteroatoms. The molecule has 0 spiro atoms. The fourth-order valence-electron chi connectivity index (χ4n) is 3.90. The van der Waals surface area contributed by atoms with Gasteiger partial charge in [-0.1, -0.05) is 0 Å². The highest BCUT2D eigenvalue weighted by molar-refractivity contribution is 7.12. The van der Waals surface area contributed by atoms with E-state index in [2.05, 4.69) is 10.1 Å². The van der Waals surface area contributed by atoms with Crippen LogP contribution in [0.2, 0.25) is 0 Å². The highest BCUT2D eigenvalue weighted by Crippen LogP contribution is 2.52. The van der Waals surface area contributed by atoms with Crippen molar-refractivity contribution >= 4 is 34.9 Å². The zero-order valence-corrected chi connectivity index (χ0v) is 12.9. The van der Waals surface area contributed by atoms with Crippen LogP contribution in [0.15, 0.2) is 11.4 Å². The molecular weight excluding hydrogens is 306 g/mol. The third kappa shape index (κ3) is 2.39. The Morgan fingerprint density at radius 2 is 1.95 bits per heavy atom. The predicted molar refractivity (Wildman–Crippen MR) is 79.7 cm³/mol. The average molecular weight is 323 g/mol. The van der Waals surface area contributed by atoms with E-state index < -0.39 is 23.8 Å². The number of ether oxygens (including phenoxy) is 1. The third-order valence-corrected chi connectivity index (χ3v) is 5.69. The van der Waals surface area contributed by atoms with Crippen LogP contribution < -0.4 is 5.32 Å². The number of carboxylic acids is 1. The summed E-state index contributed by atoms with van der Waals surface area (Å²) in [6, 6.07) is 1.64. The Hall–Kier alpha value is -1.89. The normalized spacial score (nSPS) is 29.3. The van der Waals surface area contributed by atoms with E-state index in [0.717, 1.165) is 19.3 Å². The van der Waals surface area contributed by atoms with Gasteiger partial charge >= 0.3 is 11.9 Å². The van der Waals surface area contributed by atoms with Crippen LogP contribution in [-0.2, 0) is 14.3 Å². The molecule has 2 fully saturated rings. The molecule has 1 aromatic heterocycles. The van der Waals surface area contributed by atoms with Crippen molar-refractivity contribution in [2.45, 2.75) is 19.3 Å². The largest absolute Gasteiger partial charge is 0.481 e. The van der Waals surface area contributed by atoms with Gasteiger partial charge in [-0.05, 0) is 42.5 Å². The maximum Gasteiger partial charge on any atom is 0.350 e. The number of fused-ring (bicyclic) bond motifs is 2. The van der Waals surface area contributed by atoms with E-state index >= 15 is 0 Å². The van der Waals surface area contributed by atoms with Gasteiger partial charge in [0.1, 0.15) is 4.88 Å². The summed E-state index contributed by atoms with van der Waals surface area (Å²) in [7, 11) is 1.28. The smallest absolute Gasteiger partial charge is 0.350 e. The van der Waals surface area contributed by atoms with E-state index in [1.165, 1.54) is 18.4 Å². The van der Waals surface area contributed by atoms with Gasteiger partial charge < -0.3 is 15.2 Å². The van der Waals surface area contributed by atoms with Crippen LogP contribution in [0, 0.1) is 23.7 Å². The van der Waals surface area contributed by atoms with E-state index in [4.69, 9.17) is 0 Å². The van der Waals surface area contributed by atoms with Crippen LogP contribution in [0.3, 0.4) is 0 Å². The van der Waals surface area contributed by atoms with Crippen molar-refractivity contribution < 1.29 is 24.2 Å². The Balaban J connectivity index is 1.79. The molecule has 6 nitrogen and oxygen atoms in total. The van der Waals surface area contributed by atoms with Gasteiger partial charge in [-0.3, -0.25) is 9.59 Å². The van der Waals surface area contributed by atoms with E-state index in [-0.39, 0.29) is 17.7 Å². The van der Waals surface area contributed by atoms with Gasteiger partial charge in [-0.2, -0.15) is 0 Å². The highest BCUT2D eigenvalue weighted by Gasteiger charge is 2.54. The van der Waals surface area contributed by atoms with Crippen molar-refractivity contribution in [1.82, 2.24) is 0 Å². The summed E-state index contributed by atoms with van der Waals surface area (Å²) in [5, 5.41) is 13.8. The lowest BCUT2D eigenvalue weighted by Gasteiger charge is -2.27. The lowest BCUT2D eigenvalue weighted by Crippen LogP contribution is -2.38. The third-order valence-electron chi connectivity index (χ3n) is 4.80. The molecule has 118 valence electrons. The zero-order valence-electron chi connectivity index (χ0n) is 12.1. The average Bonchev–Trinajstić information content (AvgIpc) is 3.20. The van der Waals surface area contributed by atoms with Gasteiger partial charge in [0.15, 0.2) is 0 Å². The van der Waals surface area contributed by atoms with Gasteiger partial charge in [0.05, 0.1) is 24.6 Å². The van der Waals surface area contributed by atoms with Gasteiger partial charge in [-0.25, -0.2) is 4.79 Å².